The molecule has 2 nitrogen and oxygen atoms in total. The molecule has 0 fully saturated rings. The van der Waals surface area contributed by atoms with Crippen LogP contribution in [-0.4, -0.2) is 30.8 Å². The fourth-order valence-corrected chi connectivity index (χ4v) is 2.65. The Kier molecular flexibility index (Phi) is 6.23. The van der Waals surface area contributed by atoms with E-state index >= 15 is 0 Å². The number of hydrogen-bond acceptors (Lipinski definition) is 2. The predicted octanol–water partition coefficient (Wildman–Crippen LogP) is 3.92. The monoisotopic (exact) mass is 261 g/mol. The molecule has 0 amide bonds. The summed E-state index contributed by atoms with van der Waals surface area (Å²) in [6.07, 6.45) is 3.63. The first-order valence-corrected chi connectivity index (χ1v) is 7.25. The maximum atomic E-state index is 12.4. The fraction of sp³-hybridized carbons (Fsp3) is 0.588. The summed E-state index contributed by atoms with van der Waals surface area (Å²) < 4.78 is 0. The van der Waals surface area contributed by atoms with Gasteiger partial charge in [0.15, 0.2) is 5.78 Å². The largest absolute Gasteiger partial charge is 0.299 e. The molecule has 0 saturated heterocycles. The zero-order valence-electron chi connectivity index (χ0n) is 13.0. The first-order valence-electron chi connectivity index (χ1n) is 7.25. The van der Waals surface area contributed by atoms with E-state index in [1.165, 1.54) is 24.8 Å². The van der Waals surface area contributed by atoms with E-state index in [0.29, 0.717) is 6.54 Å². The van der Waals surface area contributed by atoms with Crippen LogP contribution in [0, 0.1) is 20.8 Å². The molecular formula is C17H27NO. The van der Waals surface area contributed by atoms with E-state index in [4.69, 9.17) is 0 Å². The molecule has 19 heavy (non-hydrogen) atoms. The number of nitrogens with zero attached hydrogens (tertiary/aromatic N) is 1. The van der Waals surface area contributed by atoms with Gasteiger partial charge in [0.2, 0.25) is 0 Å². The molecule has 0 aliphatic carbocycles. The maximum Gasteiger partial charge on any atom is 0.177 e. The second-order valence-corrected chi connectivity index (χ2v) is 5.64. The molecule has 1 aromatic rings. The second kappa shape index (κ2) is 7.44. The lowest BCUT2D eigenvalue weighted by Gasteiger charge is -2.17. The van der Waals surface area contributed by atoms with Crippen LogP contribution in [-0.2, 0) is 0 Å². The molecule has 0 aliphatic rings. The summed E-state index contributed by atoms with van der Waals surface area (Å²) in [7, 11) is 2.03. The number of ketones is 1. The number of rotatable bonds is 7. The average molecular weight is 261 g/mol. The molecule has 0 N–H and O–H groups in total. The van der Waals surface area contributed by atoms with E-state index in [0.717, 1.165) is 23.2 Å². The highest BCUT2D eigenvalue weighted by Gasteiger charge is 2.14. The summed E-state index contributed by atoms with van der Waals surface area (Å²) in [6.45, 7) is 9.86. The van der Waals surface area contributed by atoms with Crippen molar-refractivity contribution in [1.82, 2.24) is 4.90 Å². The van der Waals surface area contributed by atoms with Gasteiger partial charge in [0.1, 0.15) is 0 Å². The van der Waals surface area contributed by atoms with Crippen molar-refractivity contribution in [2.45, 2.75) is 47.0 Å². The van der Waals surface area contributed by atoms with Gasteiger partial charge < -0.3 is 0 Å². The van der Waals surface area contributed by atoms with Crippen molar-refractivity contribution in [2.75, 3.05) is 20.1 Å². The van der Waals surface area contributed by atoms with Crippen LogP contribution in [0.5, 0.6) is 0 Å². The zero-order chi connectivity index (χ0) is 14.4. The first kappa shape index (κ1) is 15.9. The zero-order valence-corrected chi connectivity index (χ0v) is 13.0. The third kappa shape index (κ3) is 4.79. The molecule has 2 heteroatoms. The minimum Gasteiger partial charge on any atom is -0.299 e. The summed E-state index contributed by atoms with van der Waals surface area (Å²) in [5.41, 5.74) is 4.34. The third-order valence-corrected chi connectivity index (χ3v) is 3.51. The summed E-state index contributed by atoms with van der Waals surface area (Å²) in [6, 6.07) is 4.19. The summed E-state index contributed by atoms with van der Waals surface area (Å²) in [5.74, 6) is 0.244. The Morgan fingerprint density at radius 2 is 1.68 bits per heavy atom. The van der Waals surface area contributed by atoms with Gasteiger partial charge in [0, 0.05) is 5.56 Å². The normalized spacial score (nSPS) is 11.1. The van der Waals surface area contributed by atoms with Crippen LogP contribution in [0.3, 0.4) is 0 Å². The van der Waals surface area contributed by atoms with E-state index in [2.05, 4.69) is 30.9 Å². The second-order valence-electron chi connectivity index (χ2n) is 5.64. The SMILES string of the molecule is CCCCCN(C)CC(=O)c1c(C)cc(C)cc1C. The number of aryl methyl sites for hydroxylation is 3. The van der Waals surface area contributed by atoms with E-state index in [1.807, 2.05) is 20.9 Å². The Balaban J connectivity index is 2.68. The Morgan fingerprint density at radius 3 is 2.21 bits per heavy atom. The van der Waals surface area contributed by atoms with Gasteiger partial charge in [-0.3, -0.25) is 9.69 Å². The molecule has 0 unspecified atom stereocenters. The van der Waals surface area contributed by atoms with Crippen molar-refractivity contribution in [3.8, 4) is 0 Å². The van der Waals surface area contributed by atoms with E-state index in [9.17, 15) is 4.79 Å². The standard InChI is InChI=1S/C17H27NO/c1-6-7-8-9-18(5)12-16(19)17-14(3)10-13(2)11-15(17)4/h10-11H,6-9,12H2,1-5H3. The minimum absolute atomic E-state index is 0.244. The van der Waals surface area contributed by atoms with Crippen molar-refractivity contribution >= 4 is 5.78 Å². The van der Waals surface area contributed by atoms with Gasteiger partial charge >= 0.3 is 0 Å². The Labute approximate surface area is 117 Å². The molecule has 0 radical (unpaired) electrons. The smallest absolute Gasteiger partial charge is 0.177 e. The molecular weight excluding hydrogens is 234 g/mol. The van der Waals surface area contributed by atoms with Crippen molar-refractivity contribution in [3.05, 3.63) is 34.4 Å². The van der Waals surface area contributed by atoms with Crippen LogP contribution < -0.4 is 0 Å². The molecule has 0 aromatic heterocycles. The van der Waals surface area contributed by atoms with Crippen LogP contribution in [0.1, 0.15) is 53.2 Å². The van der Waals surface area contributed by atoms with Crippen molar-refractivity contribution in [2.24, 2.45) is 0 Å². The highest BCUT2D eigenvalue weighted by Crippen LogP contribution is 2.17. The molecule has 0 atom stereocenters. The van der Waals surface area contributed by atoms with Crippen LogP contribution >= 0.6 is 0 Å². The fourth-order valence-electron chi connectivity index (χ4n) is 2.65. The predicted molar refractivity (Wildman–Crippen MR) is 82.0 cm³/mol. The molecule has 0 saturated carbocycles. The maximum absolute atomic E-state index is 12.4. The minimum atomic E-state index is 0.244. The Bertz CT molecular complexity index is 414. The number of benzene rings is 1. The number of unbranched alkanes of at least 4 members (excludes halogenated alkanes) is 2. The molecule has 0 spiro atoms. The lowest BCUT2D eigenvalue weighted by atomic mass is 9.96. The summed E-state index contributed by atoms with van der Waals surface area (Å²) in [5, 5.41) is 0. The molecule has 106 valence electrons. The van der Waals surface area contributed by atoms with Crippen molar-refractivity contribution in [1.29, 1.82) is 0 Å². The van der Waals surface area contributed by atoms with Crippen molar-refractivity contribution < 1.29 is 4.79 Å². The van der Waals surface area contributed by atoms with Crippen LogP contribution in [0.4, 0.5) is 0 Å². The van der Waals surface area contributed by atoms with Gasteiger partial charge in [-0.15, -0.1) is 0 Å². The lowest BCUT2D eigenvalue weighted by molar-refractivity contribution is 0.0944. The van der Waals surface area contributed by atoms with E-state index < -0.39 is 0 Å². The first-order chi connectivity index (χ1) is 8.95. The van der Waals surface area contributed by atoms with Gasteiger partial charge in [-0.25, -0.2) is 0 Å². The van der Waals surface area contributed by atoms with Gasteiger partial charge in [0.25, 0.3) is 0 Å². The van der Waals surface area contributed by atoms with E-state index in [-0.39, 0.29) is 5.78 Å². The average Bonchev–Trinajstić information content (AvgIpc) is 2.27. The quantitative estimate of drug-likeness (QED) is 0.548. The van der Waals surface area contributed by atoms with Crippen LogP contribution in [0.25, 0.3) is 0 Å². The molecule has 1 rings (SSSR count). The number of carbonyl (C=O) groups excluding carboxylic acids is 1. The number of hydrogen-bond donors (Lipinski definition) is 0. The van der Waals surface area contributed by atoms with E-state index in [1.54, 1.807) is 0 Å². The summed E-state index contributed by atoms with van der Waals surface area (Å²) >= 11 is 0. The van der Waals surface area contributed by atoms with Crippen LogP contribution in [0.2, 0.25) is 0 Å². The highest BCUT2D eigenvalue weighted by atomic mass is 16.1. The van der Waals surface area contributed by atoms with Gasteiger partial charge in [-0.1, -0.05) is 37.5 Å². The number of carbonyl (C=O) groups is 1. The lowest BCUT2D eigenvalue weighted by Crippen LogP contribution is -2.27. The Hall–Kier alpha value is -1.15. The van der Waals surface area contributed by atoms with Crippen LogP contribution in [0.15, 0.2) is 12.1 Å². The highest BCUT2D eigenvalue weighted by molar-refractivity contribution is 6.00. The Morgan fingerprint density at radius 1 is 1.11 bits per heavy atom. The van der Waals surface area contributed by atoms with Gasteiger partial charge in [0.05, 0.1) is 6.54 Å². The number of Topliss-reactive ketones (excluding diaryl/α,β-unsaturated/α-hetero) is 1. The van der Waals surface area contributed by atoms with Crippen molar-refractivity contribution in [3.63, 3.8) is 0 Å². The molecule has 1 aromatic carbocycles. The molecule has 0 bridgehead atoms. The third-order valence-electron chi connectivity index (χ3n) is 3.51. The number of likely N-dealkylation sites (N-methyl/N-ethyl adjacent to an activating group) is 1. The van der Waals surface area contributed by atoms with Gasteiger partial charge in [-0.2, -0.15) is 0 Å². The van der Waals surface area contributed by atoms with Gasteiger partial charge in [-0.05, 0) is 51.9 Å². The topological polar surface area (TPSA) is 20.3 Å². The molecule has 0 aliphatic heterocycles. The molecule has 0 heterocycles. The summed E-state index contributed by atoms with van der Waals surface area (Å²) in [4.78, 5) is 14.5.